The highest BCUT2D eigenvalue weighted by atomic mass is 16.5. The molecule has 0 heterocycles. The van der Waals surface area contributed by atoms with Crippen LogP contribution in [0.2, 0.25) is 0 Å². The minimum atomic E-state index is -0.324. The van der Waals surface area contributed by atoms with Crippen LogP contribution in [0.25, 0.3) is 0 Å². The molecule has 0 saturated carbocycles. The molecule has 0 spiro atoms. The Balaban J connectivity index is 3.79. The summed E-state index contributed by atoms with van der Waals surface area (Å²) in [5.41, 5.74) is 0. The van der Waals surface area contributed by atoms with Crippen molar-refractivity contribution in [1.29, 1.82) is 5.26 Å². The lowest BCUT2D eigenvalue weighted by Gasteiger charge is -2.16. The average molecular weight is 156 g/mol. The maximum atomic E-state index is 10.7. The topological polar surface area (TPSA) is 53.3 Å². The van der Waals surface area contributed by atoms with Gasteiger partial charge in [-0.2, -0.15) is 5.26 Å². The van der Waals surface area contributed by atoms with Gasteiger partial charge in [0.25, 0.3) is 0 Å². The molecule has 0 N–H and O–H groups in total. The van der Waals surface area contributed by atoms with E-state index < -0.39 is 0 Å². The molecule has 11 heavy (non-hydrogen) atoms. The Morgan fingerprint density at radius 2 is 2.36 bits per heavy atom. The first-order valence-corrected chi connectivity index (χ1v) is 3.28. The van der Waals surface area contributed by atoms with Gasteiger partial charge >= 0.3 is 5.97 Å². The van der Waals surface area contributed by atoms with Crippen LogP contribution in [-0.4, -0.2) is 37.6 Å². The number of nitrogens with zero attached hydrogens (tertiary/aromatic N) is 2. The van der Waals surface area contributed by atoms with Crippen LogP contribution in [0.4, 0.5) is 0 Å². The van der Waals surface area contributed by atoms with E-state index in [9.17, 15) is 4.79 Å². The van der Waals surface area contributed by atoms with Gasteiger partial charge in [0.15, 0.2) is 0 Å². The van der Waals surface area contributed by atoms with Gasteiger partial charge in [0.05, 0.1) is 25.8 Å². The van der Waals surface area contributed by atoms with Crippen molar-refractivity contribution in [3.05, 3.63) is 0 Å². The highest BCUT2D eigenvalue weighted by molar-refractivity contribution is 5.71. The van der Waals surface area contributed by atoms with Gasteiger partial charge in [-0.05, 0) is 14.0 Å². The predicted molar refractivity (Wildman–Crippen MR) is 39.7 cm³/mol. The van der Waals surface area contributed by atoms with Crippen LogP contribution in [0.1, 0.15) is 6.92 Å². The number of ether oxygens (including phenoxy) is 1. The fraction of sp³-hybridized carbons (Fsp3) is 0.714. The predicted octanol–water partition coefficient (Wildman–Crippen LogP) is 0.00328. The van der Waals surface area contributed by atoms with Crippen molar-refractivity contribution in [2.24, 2.45) is 0 Å². The van der Waals surface area contributed by atoms with Gasteiger partial charge in [0.1, 0.15) is 0 Å². The summed E-state index contributed by atoms with van der Waals surface area (Å²) in [6.45, 7) is 1.88. The lowest BCUT2D eigenvalue weighted by molar-refractivity contribution is -0.141. The van der Waals surface area contributed by atoms with Crippen LogP contribution in [0, 0.1) is 11.3 Å². The number of nitriles is 1. The minimum absolute atomic E-state index is 0.158. The molecule has 0 aliphatic rings. The van der Waals surface area contributed by atoms with Crippen molar-refractivity contribution < 1.29 is 9.53 Å². The molecule has 0 aliphatic heterocycles. The number of carbonyl (C=O) groups is 1. The third-order valence-electron chi connectivity index (χ3n) is 1.45. The van der Waals surface area contributed by atoms with Gasteiger partial charge in [-0.3, -0.25) is 9.69 Å². The van der Waals surface area contributed by atoms with Crippen LogP contribution in [0.5, 0.6) is 0 Å². The normalized spacial score (nSPS) is 12.3. The second kappa shape index (κ2) is 4.69. The molecular weight excluding hydrogens is 144 g/mol. The SMILES string of the molecule is COC(=O)CN(C)C(C)C#N. The lowest BCUT2D eigenvalue weighted by atomic mass is 10.3. The first kappa shape index (κ1) is 9.92. The quantitative estimate of drug-likeness (QED) is 0.540. The van der Waals surface area contributed by atoms with Crippen molar-refractivity contribution in [1.82, 2.24) is 4.90 Å². The lowest BCUT2D eigenvalue weighted by Crippen LogP contribution is -2.33. The fourth-order valence-electron chi connectivity index (χ4n) is 0.504. The van der Waals surface area contributed by atoms with Crippen LogP contribution >= 0.6 is 0 Å². The molecule has 0 radical (unpaired) electrons. The van der Waals surface area contributed by atoms with E-state index in [1.165, 1.54) is 7.11 Å². The second-order valence-electron chi connectivity index (χ2n) is 2.30. The highest BCUT2D eigenvalue weighted by Crippen LogP contribution is 1.92. The minimum Gasteiger partial charge on any atom is -0.468 e. The summed E-state index contributed by atoms with van der Waals surface area (Å²) in [6, 6.07) is 1.76. The summed E-state index contributed by atoms with van der Waals surface area (Å²) in [5.74, 6) is -0.324. The van der Waals surface area contributed by atoms with E-state index in [0.29, 0.717) is 0 Å². The van der Waals surface area contributed by atoms with E-state index in [-0.39, 0.29) is 18.6 Å². The van der Waals surface area contributed by atoms with E-state index in [1.54, 1.807) is 18.9 Å². The zero-order valence-electron chi connectivity index (χ0n) is 7.00. The zero-order valence-corrected chi connectivity index (χ0v) is 7.00. The Kier molecular flexibility index (Phi) is 4.23. The molecule has 1 unspecified atom stereocenters. The summed E-state index contributed by atoms with van der Waals surface area (Å²) in [7, 11) is 3.03. The van der Waals surface area contributed by atoms with E-state index in [4.69, 9.17) is 5.26 Å². The smallest absolute Gasteiger partial charge is 0.319 e. The van der Waals surface area contributed by atoms with E-state index >= 15 is 0 Å². The second-order valence-corrected chi connectivity index (χ2v) is 2.30. The molecule has 0 rings (SSSR count). The van der Waals surface area contributed by atoms with E-state index in [2.05, 4.69) is 4.74 Å². The molecule has 4 heteroatoms. The number of likely N-dealkylation sites (N-methyl/N-ethyl adjacent to an activating group) is 1. The van der Waals surface area contributed by atoms with Crippen LogP contribution < -0.4 is 0 Å². The van der Waals surface area contributed by atoms with Crippen molar-refractivity contribution in [3.63, 3.8) is 0 Å². The van der Waals surface area contributed by atoms with Gasteiger partial charge < -0.3 is 4.74 Å². The van der Waals surface area contributed by atoms with Gasteiger partial charge in [-0.25, -0.2) is 0 Å². The Hall–Kier alpha value is -1.08. The standard InChI is InChI=1S/C7H12N2O2/c1-6(4-8)9(2)5-7(10)11-3/h6H,5H2,1-3H3. The van der Waals surface area contributed by atoms with Crippen molar-refractivity contribution in [2.45, 2.75) is 13.0 Å². The summed E-state index contributed by atoms with van der Waals surface area (Å²) in [6.07, 6.45) is 0. The summed E-state index contributed by atoms with van der Waals surface area (Å²) in [5, 5.41) is 8.45. The largest absolute Gasteiger partial charge is 0.468 e. The first-order valence-electron chi connectivity index (χ1n) is 3.28. The van der Waals surface area contributed by atoms with Crippen LogP contribution in [0.15, 0.2) is 0 Å². The first-order chi connectivity index (χ1) is 5.11. The molecule has 0 aromatic rings. The molecular formula is C7H12N2O2. The Morgan fingerprint density at radius 1 is 1.82 bits per heavy atom. The van der Waals surface area contributed by atoms with Gasteiger partial charge in [-0.15, -0.1) is 0 Å². The number of carbonyl (C=O) groups excluding carboxylic acids is 1. The van der Waals surface area contributed by atoms with E-state index in [1.807, 2.05) is 6.07 Å². The summed E-state index contributed by atoms with van der Waals surface area (Å²) >= 11 is 0. The number of methoxy groups -OCH3 is 1. The van der Waals surface area contributed by atoms with Crippen molar-refractivity contribution in [2.75, 3.05) is 20.7 Å². The maximum Gasteiger partial charge on any atom is 0.319 e. The molecule has 0 aromatic heterocycles. The van der Waals surface area contributed by atoms with Gasteiger partial charge in [0.2, 0.25) is 0 Å². The molecule has 1 atom stereocenters. The number of esters is 1. The number of hydrogen-bond donors (Lipinski definition) is 0. The molecule has 4 nitrogen and oxygen atoms in total. The summed E-state index contributed by atoms with van der Waals surface area (Å²) < 4.78 is 4.43. The van der Waals surface area contributed by atoms with Gasteiger partial charge in [-0.1, -0.05) is 0 Å². The molecule has 0 fully saturated rings. The molecule has 0 aromatic carbocycles. The molecule has 0 bridgehead atoms. The van der Waals surface area contributed by atoms with Crippen LogP contribution in [0.3, 0.4) is 0 Å². The van der Waals surface area contributed by atoms with E-state index in [0.717, 1.165) is 0 Å². The number of hydrogen-bond acceptors (Lipinski definition) is 4. The molecule has 0 amide bonds. The van der Waals surface area contributed by atoms with Gasteiger partial charge in [0, 0.05) is 0 Å². The average Bonchev–Trinajstić information content (AvgIpc) is 2.02. The van der Waals surface area contributed by atoms with Crippen LogP contribution in [-0.2, 0) is 9.53 Å². The monoisotopic (exact) mass is 156 g/mol. The Morgan fingerprint density at radius 3 is 2.73 bits per heavy atom. The Bertz CT molecular complexity index is 174. The molecule has 0 aliphatic carbocycles. The van der Waals surface area contributed by atoms with Crippen molar-refractivity contribution >= 4 is 5.97 Å². The molecule has 62 valence electrons. The third-order valence-corrected chi connectivity index (χ3v) is 1.45. The summed E-state index contributed by atoms with van der Waals surface area (Å²) in [4.78, 5) is 12.3. The number of rotatable bonds is 3. The maximum absolute atomic E-state index is 10.7. The highest BCUT2D eigenvalue weighted by Gasteiger charge is 2.11. The zero-order chi connectivity index (χ0) is 8.85. The van der Waals surface area contributed by atoms with Crippen molar-refractivity contribution in [3.8, 4) is 6.07 Å². The third kappa shape index (κ3) is 3.58. The Labute approximate surface area is 66.4 Å². The molecule has 0 saturated heterocycles. The fourth-order valence-corrected chi connectivity index (χ4v) is 0.504.